The molecular formula is C17H18N4O3. The quantitative estimate of drug-likeness (QED) is 0.635. The number of aliphatic hydroxyl groups excluding tert-OH is 1. The lowest BCUT2D eigenvalue weighted by atomic mass is 10.2. The maximum Gasteiger partial charge on any atom is 0.167 e. The molecule has 0 saturated heterocycles. The van der Waals surface area contributed by atoms with Crippen LogP contribution in [0.4, 0.5) is 0 Å². The number of rotatable bonds is 2. The Morgan fingerprint density at radius 2 is 1.71 bits per heavy atom. The molecule has 2 aromatic rings. The van der Waals surface area contributed by atoms with E-state index in [0.717, 1.165) is 6.29 Å². The highest BCUT2D eigenvalue weighted by Gasteiger charge is 2.07. The molecule has 7 nitrogen and oxygen atoms in total. The van der Waals surface area contributed by atoms with Gasteiger partial charge in [0.2, 0.25) is 0 Å². The van der Waals surface area contributed by atoms with Crippen molar-refractivity contribution in [3.63, 3.8) is 0 Å². The smallest absolute Gasteiger partial charge is 0.167 e. The number of carbonyl (C=O) groups is 1. The number of aliphatic hydroxyl groups is 2. The third-order valence-corrected chi connectivity index (χ3v) is 2.22. The van der Waals surface area contributed by atoms with Gasteiger partial charge < -0.3 is 10.2 Å². The van der Waals surface area contributed by atoms with E-state index in [2.05, 4.69) is 9.97 Å². The summed E-state index contributed by atoms with van der Waals surface area (Å²) in [6.45, 7) is 2.88. The molecule has 1 atom stereocenters. The second-order valence-corrected chi connectivity index (χ2v) is 4.89. The summed E-state index contributed by atoms with van der Waals surface area (Å²) in [5.41, 5.74) is -0.00231. The first kappa shape index (κ1) is 20.9. The number of hydrogen-bond acceptors (Lipinski definition) is 7. The van der Waals surface area contributed by atoms with Crippen LogP contribution in [0.25, 0.3) is 0 Å². The normalized spacial score (nSPS) is 10.4. The van der Waals surface area contributed by atoms with E-state index in [9.17, 15) is 4.79 Å². The predicted molar refractivity (Wildman–Crippen MR) is 86.3 cm³/mol. The van der Waals surface area contributed by atoms with Crippen molar-refractivity contribution in [1.29, 1.82) is 10.5 Å². The van der Waals surface area contributed by atoms with E-state index < -0.39 is 11.7 Å². The topological polar surface area (TPSA) is 131 Å². The fraction of sp³-hybridized carbons (Fsp3) is 0.235. The molecule has 1 unspecified atom stereocenters. The van der Waals surface area contributed by atoms with Gasteiger partial charge in [0.15, 0.2) is 12.4 Å². The van der Waals surface area contributed by atoms with Crippen LogP contribution >= 0.6 is 0 Å². The molecule has 0 aliphatic carbocycles. The molecule has 0 aliphatic heterocycles. The SMILES string of the molecule is CC(C)(O)C#N.N#CC(O)c1cccnc1.O=Cc1cccnc1. The van der Waals surface area contributed by atoms with Crippen LogP contribution in [-0.4, -0.2) is 32.1 Å². The molecule has 24 heavy (non-hydrogen) atoms. The summed E-state index contributed by atoms with van der Waals surface area (Å²) in [5.74, 6) is 0. The number of pyridine rings is 2. The molecule has 2 heterocycles. The van der Waals surface area contributed by atoms with Gasteiger partial charge in [0, 0.05) is 35.9 Å². The lowest BCUT2D eigenvalue weighted by Gasteiger charge is -2.00. The summed E-state index contributed by atoms with van der Waals surface area (Å²) < 4.78 is 0. The number of hydrogen-bond donors (Lipinski definition) is 2. The maximum atomic E-state index is 9.97. The Hall–Kier alpha value is -3.13. The number of aldehydes is 1. The van der Waals surface area contributed by atoms with Crippen molar-refractivity contribution in [1.82, 2.24) is 9.97 Å². The summed E-state index contributed by atoms with van der Waals surface area (Å²) in [7, 11) is 0. The summed E-state index contributed by atoms with van der Waals surface area (Å²) in [6, 6.07) is 10.1. The first-order chi connectivity index (χ1) is 11.3. The lowest BCUT2D eigenvalue weighted by molar-refractivity contribution is 0.112. The van der Waals surface area contributed by atoms with Crippen LogP contribution in [0.15, 0.2) is 49.1 Å². The van der Waals surface area contributed by atoms with Crippen LogP contribution in [0.5, 0.6) is 0 Å². The van der Waals surface area contributed by atoms with Crippen molar-refractivity contribution in [3.05, 3.63) is 60.2 Å². The van der Waals surface area contributed by atoms with Crippen LogP contribution in [0.2, 0.25) is 0 Å². The molecule has 0 spiro atoms. The second-order valence-electron chi connectivity index (χ2n) is 4.89. The predicted octanol–water partition coefficient (Wildman–Crippen LogP) is 1.81. The molecular weight excluding hydrogens is 308 g/mol. The van der Waals surface area contributed by atoms with Gasteiger partial charge in [0.25, 0.3) is 0 Å². The van der Waals surface area contributed by atoms with Crippen molar-refractivity contribution in [3.8, 4) is 12.1 Å². The van der Waals surface area contributed by atoms with Gasteiger partial charge in [-0.25, -0.2) is 0 Å². The summed E-state index contributed by atoms with van der Waals surface area (Å²) in [5, 5.41) is 33.6. The molecule has 0 bridgehead atoms. The Kier molecular flexibility index (Phi) is 9.95. The van der Waals surface area contributed by atoms with E-state index in [-0.39, 0.29) is 0 Å². The molecule has 0 amide bonds. The summed E-state index contributed by atoms with van der Waals surface area (Å²) >= 11 is 0. The van der Waals surface area contributed by atoms with Crippen molar-refractivity contribution in [2.45, 2.75) is 25.6 Å². The number of nitriles is 2. The van der Waals surface area contributed by atoms with Gasteiger partial charge in [-0.3, -0.25) is 14.8 Å². The minimum absolute atomic E-state index is 0.532. The average Bonchev–Trinajstić information content (AvgIpc) is 2.63. The average molecular weight is 326 g/mol. The van der Waals surface area contributed by atoms with Crippen LogP contribution in [0.3, 0.4) is 0 Å². The molecule has 0 saturated carbocycles. The zero-order valence-corrected chi connectivity index (χ0v) is 13.4. The standard InChI is InChI=1S/C7H6N2O.C6H5NO.C4H7NO/c8-4-7(10)6-2-1-3-9-5-6;8-5-6-2-1-3-7-4-6;1-4(2,6)3-5/h1-3,5,7,10H;1-5H;6H,1-2H3. The van der Waals surface area contributed by atoms with Crippen LogP contribution < -0.4 is 0 Å². The molecule has 0 fully saturated rings. The Morgan fingerprint density at radius 1 is 1.17 bits per heavy atom. The molecule has 2 aromatic heterocycles. The van der Waals surface area contributed by atoms with Gasteiger partial charge >= 0.3 is 0 Å². The monoisotopic (exact) mass is 326 g/mol. The van der Waals surface area contributed by atoms with E-state index >= 15 is 0 Å². The van der Waals surface area contributed by atoms with Crippen LogP contribution in [0, 0.1) is 22.7 Å². The zero-order valence-electron chi connectivity index (χ0n) is 13.4. The van der Waals surface area contributed by atoms with Crippen molar-refractivity contribution >= 4 is 6.29 Å². The Bertz CT molecular complexity index is 671. The highest BCUT2D eigenvalue weighted by molar-refractivity contribution is 5.73. The van der Waals surface area contributed by atoms with E-state index in [1.165, 1.54) is 26.2 Å². The second kappa shape index (κ2) is 11.4. The zero-order chi connectivity index (χ0) is 18.4. The van der Waals surface area contributed by atoms with E-state index in [1.54, 1.807) is 48.8 Å². The van der Waals surface area contributed by atoms with Gasteiger partial charge in [-0.1, -0.05) is 6.07 Å². The third-order valence-electron chi connectivity index (χ3n) is 2.22. The van der Waals surface area contributed by atoms with Gasteiger partial charge in [0.05, 0.1) is 12.1 Å². The van der Waals surface area contributed by atoms with E-state index in [1.807, 2.05) is 0 Å². The number of nitrogens with zero attached hydrogens (tertiary/aromatic N) is 4. The highest BCUT2D eigenvalue weighted by atomic mass is 16.3. The van der Waals surface area contributed by atoms with E-state index in [4.69, 9.17) is 20.7 Å². The minimum atomic E-state index is -1.15. The lowest BCUT2D eigenvalue weighted by Crippen LogP contribution is -2.13. The Labute approximate surface area is 140 Å². The van der Waals surface area contributed by atoms with Gasteiger partial charge in [-0.2, -0.15) is 10.5 Å². The van der Waals surface area contributed by atoms with Crippen molar-refractivity contribution < 1.29 is 15.0 Å². The summed E-state index contributed by atoms with van der Waals surface area (Å²) in [6.07, 6.45) is 5.93. The number of carbonyl (C=O) groups excluding carboxylic acids is 1. The first-order valence-electron chi connectivity index (χ1n) is 6.80. The Morgan fingerprint density at radius 3 is 2.00 bits per heavy atom. The molecule has 0 aliphatic rings. The molecule has 124 valence electrons. The van der Waals surface area contributed by atoms with Gasteiger partial charge in [-0.15, -0.1) is 0 Å². The van der Waals surface area contributed by atoms with Crippen LogP contribution in [-0.2, 0) is 0 Å². The first-order valence-corrected chi connectivity index (χ1v) is 6.80. The highest BCUT2D eigenvalue weighted by Crippen LogP contribution is 2.07. The molecule has 0 radical (unpaired) electrons. The third kappa shape index (κ3) is 10.6. The molecule has 2 N–H and O–H groups in total. The molecule has 2 rings (SSSR count). The van der Waals surface area contributed by atoms with Crippen molar-refractivity contribution in [2.75, 3.05) is 0 Å². The fourth-order valence-electron chi connectivity index (χ4n) is 1.06. The maximum absolute atomic E-state index is 9.97. The van der Waals surface area contributed by atoms with Gasteiger partial charge in [0.1, 0.15) is 5.60 Å². The van der Waals surface area contributed by atoms with Crippen molar-refractivity contribution in [2.24, 2.45) is 0 Å². The van der Waals surface area contributed by atoms with Gasteiger partial charge in [-0.05, 0) is 32.0 Å². The fourth-order valence-corrected chi connectivity index (χ4v) is 1.06. The van der Waals surface area contributed by atoms with Crippen LogP contribution in [0.1, 0.15) is 35.9 Å². The molecule has 7 heteroatoms. The van der Waals surface area contributed by atoms with E-state index in [0.29, 0.717) is 11.1 Å². The largest absolute Gasteiger partial charge is 0.376 e. The molecule has 0 aromatic carbocycles. The summed E-state index contributed by atoms with van der Waals surface area (Å²) in [4.78, 5) is 17.4. The minimum Gasteiger partial charge on any atom is -0.376 e. The Balaban J connectivity index is 0.000000343. The number of aromatic nitrogens is 2.